The highest BCUT2D eigenvalue weighted by atomic mass is 32.2. The van der Waals surface area contributed by atoms with Gasteiger partial charge >= 0.3 is 0 Å². The maximum Gasteiger partial charge on any atom is 0.244 e. The van der Waals surface area contributed by atoms with Gasteiger partial charge in [-0.2, -0.15) is 4.31 Å². The first kappa shape index (κ1) is 23.4. The van der Waals surface area contributed by atoms with E-state index in [1.54, 1.807) is 26.0 Å². The molecule has 33 heavy (non-hydrogen) atoms. The highest BCUT2D eigenvalue weighted by Gasteiger charge is 2.45. The van der Waals surface area contributed by atoms with Crippen molar-refractivity contribution in [1.29, 1.82) is 0 Å². The van der Waals surface area contributed by atoms with Gasteiger partial charge in [0.1, 0.15) is 6.54 Å². The van der Waals surface area contributed by atoms with Crippen LogP contribution in [0.5, 0.6) is 0 Å². The predicted molar refractivity (Wildman–Crippen MR) is 126 cm³/mol. The third kappa shape index (κ3) is 4.28. The van der Waals surface area contributed by atoms with Crippen molar-refractivity contribution in [2.24, 2.45) is 0 Å². The van der Waals surface area contributed by atoms with E-state index in [9.17, 15) is 18.0 Å². The number of benzene rings is 2. The zero-order chi connectivity index (χ0) is 23.8. The van der Waals surface area contributed by atoms with E-state index in [1.807, 2.05) is 31.2 Å². The Balaban J connectivity index is 1.60. The Kier molecular flexibility index (Phi) is 6.30. The molecule has 0 saturated carbocycles. The van der Waals surface area contributed by atoms with E-state index in [2.05, 4.69) is 5.32 Å². The highest BCUT2D eigenvalue weighted by molar-refractivity contribution is 7.89. The molecule has 0 radical (unpaired) electrons. The van der Waals surface area contributed by atoms with Crippen molar-refractivity contribution in [3.63, 3.8) is 0 Å². The Labute approximate surface area is 194 Å². The van der Waals surface area contributed by atoms with Gasteiger partial charge in [-0.05, 0) is 55.7 Å². The molecule has 9 heteroatoms. The van der Waals surface area contributed by atoms with Gasteiger partial charge in [0.25, 0.3) is 0 Å². The van der Waals surface area contributed by atoms with Crippen LogP contribution in [0.4, 0.5) is 11.4 Å². The van der Waals surface area contributed by atoms with Crippen LogP contribution in [0.2, 0.25) is 0 Å². The number of hydrogen-bond donors (Lipinski definition) is 1. The quantitative estimate of drug-likeness (QED) is 0.699. The molecular formula is C24H29N3O5S. The average Bonchev–Trinajstić information content (AvgIpc) is 3.00. The number of para-hydroxylation sites is 1. The zero-order valence-electron chi connectivity index (χ0n) is 19.1. The van der Waals surface area contributed by atoms with Gasteiger partial charge in [-0.15, -0.1) is 0 Å². The van der Waals surface area contributed by atoms with Gasteiger partial charge in [0, 0.05) is 24.5 Å². The lowest BCUT2D eigenvalue weighted by atomic mass is 9.86. The molecule has 1 N–H and O–H groups in total. The Morgan fingerprint density at radius 3 is 2.52 bits per heavy atom. The van der Waals surface area contributed by atoms with Gasteiger partial charge in [-0.1, -0.05) is 25.1 Å². The van der Waals surface area contributed by atoms with Crippen molar-refractivity contribution < 1.29 is 22.7 Å². The number of fused-ring (bicyclic) bond motifs is 1. The fourth-order valence-electron chi connectivity index (χ4n) is 4.35. The minimum Gasteiger partial charge on any atom is -0.379 e. The molecule has 2 amide bonds. The molecule has 0 atom stereocenters. The van der Waals surface area contributed by atoms with Gasteiger partial charge in [0.2, 0.25) is 21.8 Å². The van der Waals surface area contributed by atoms with E-state index < -0.39 is 15.4 Å². The SMILES string of the molecule is CCc1ccccc1NC(=O)CN1C(=O)C(C)(C)c2cc(S(=O)(=O)N3CCOCC3)ccc21. The number of nitrogens with zero attached hydrogens (tertiary/aromatic N) is 2. The van der Waals surface area contributed by atoms with Gasteiger partial charge in [0.15, 0.2) is 0 Å². The molecule has 1 saturated heterocycles. The van der Waals surface area contributed by atoms with Crippen LogP contribution < -0.4 is 10.2 Å². The van der Waals surface area contributed by atoms with Crippen molar-refractivity contribution in [3.8, 4) is 0 Å². The second-order valence-corrected chi connectivity index (χ2v) is 10.7. The van der Waals surface area contributed by atoms with Gasteiger partial charge in [-0.3, -0.25) is 9.59 Å². The number of sulfonamides is 1. The molecule has 2 aromatic rings. The molecule has 0 aromatic heterocycles. The van der Waals surface area contributed by atoms with Crippen LogP contribution in [-0.4, -0.2) is 57.4 Å². The van der Waals surface area contributed by atoms with Crippen LogP contribution in [0.1, 0.15) is 31.9 Å². The number of hydrogen-bond acceptors (Lipinski definition) is 5. The highest BCUT2D eigenvalue weighted by Crippen LogP contribution is 2.42. The molecule has 1 fully saturated rings. The third-order valence-electron chi connectivity index (χ3n) is 6.29. The maximum atomic E-state index is 13.2. The maximum absolute atomic E-state index is 13.2. The van der Waals surface area contributed by atoms with E-state index >= 15 is 0 Å². The van der Waals surface area contributed by atoms with Crippen molar-refractivity contribution >= 4 is 33.2 Å². The first-order valence-corrected chi connectivity index (χ1v) is 12.5. The lowest BCUT2D eigenvalue weighted by molar-refractivity contribution is -0.124. The number of aryl methyl sites for hydroxylation is 1. The molecule has 4 rings (SSSR count). The Morgan fingerprint density at radius 1 is 1.12 bits per heavy atom. The standard InChI is InChI=1S/C24H29N3O5S/c1-4-17-7-5-6-8-20(17)25-22(28)16-27-21-10-9-18(15-19(21)24(2,3)23(27)29)33(30,31)26-11-13-32-14-12-26/h5-10,15H,4,11-14,16H2,1-3H3,(H,25,28). The molecule has 8 nitrogen and oxygen atoms in total. The largest absolute Gasteiger partial charge is 0.379 e. The fourth-order valence-corrected chi connectivity index (χ4v) is 5.79. The number of morpholine rings is 1. The summed E-state index contributed by atoms with van der Waals surface area (Å²) >= 11 is 0. The molecule has 2 heterocycles. The first-order valence-electron chi connectivity index (χ1n) is 11.1. The number of nitrogens with one attached hydrogen (secondary N) is 1. The van der Waals surface area contributed by atoms with Crippen molar-refractivity contribution in [2.75, 3.05) is 43.1 Å². The topological polar surface area (TPSA) is 96.0 Å². The number of amides is 2. The monoisotopic (exact) mass is 471 g/mol. The Hall–Kier alpha value is -2.75. The molecule has 0 bridgehead atoms. The fraction of sp³-hybridized carbons (Fsp3) is 0.417. The normalized spacial score (nSPS) is 18.3. The van der Waals surface area contributed by atoms with Crippen molar-refractivity contribution in [1.82, 2.24) is 4.31 Å². The number of anilines is 2. The summed E-state index contributed by atoms with van der Waals surface area (Å²) < 4.78 is 32.9. The second-order valence-electron chi connectivity index (χ2n) is 8.77. The van der Waals surface area contributed by atoms with E-state index in [4.69, 9.17) is 4.74 Å². The Bertz CT molecular complexity index is 1190. The number of carbonyl (C=O) groups excluding carboxylic acids is 2. The number of ether oxygens (including phenoxy) is 1. The van der Waals surface area contributed by atoms with E-state index in [0.29, 0.717) is 37.6 Å². The van der Waals surface area contributed by atoms with Crippen molar-refractivity contribution in [2.45, 2.75) is 37.5 Å². The van der Waals surface area contributed by atoms with E-state index in [0.717, 1.165) is 17.7 Å². The average molecular weight is 472 g/mol. The van der Waals surface area contributed by atoms with Crippen LogP contribution in [-0.2, 0) is 36.2 Å². The first-order chi connectivity index (χ1) is 15.7. The summed E-state index contributed by atoms with van der Waals surface area (Å²) in [6.45, 7) is 6.68. The van der Waals surface area contributed by atoms with Crippen LogP contribution in [0.25, 0.3) is 0 Å². The molecule has 2 aromatic carbocycles. The second kappa shape index (κ2) is 8.89. The molecule has 2 aliphatic heterocycles. The summed E-state index contributed by atoms with van der Waals surface area (Å²) in [6, 6.07) is 12.3. The number of rotatable bonds is 6. The van der Waals surface area contributed by atoms with E-state index in [1.165, 1.54) is 15.3 Å². The lowest BCUT2D eigenvalue weighted by Gasteiger charge is -2.26. The smallest absolute Gasteiger partial charge is 0.244 e. The third-order valence-corrected chi connectivity index (χ3v) is 8.19. The van der Waals surface area contributed by atoms with Crippen LogP contribution in [0, 0.1) is 0 Å². The minimum atomic E-state index is -3.70. The van der Waals surface area contributed by atoms with Crippen LogP contribution >= 0.6 is 0 Å². The number of carbonyl (C=O) groups is 2. The summed E-state index contributed by atoms with van der Waals surface area (Å²) in [5.74, 6) is -0.546. The zero-order valence-corrected chi connectivity index (χ0v) is 19.9. The van der Waals surface area contributed by atoms with Gasteiger partial charge in [0.05, 0.1) is 23.5 Å². The molecule has 0 unspecified atom stereocenters. The summed E-state index contributed by atoms with van der Waals surface area (Å²) in [5.41, 5.74) is 1.95. The van der Waals surface area contributed by atoms with Gasteiger partial charge < -0.3 is 15.0 Å². The van der Waals surface area contributed by atoms with Gasteiger partial charge in [-0.25, -0.2) is 8.42 Å². The summed E-state index contributed by atoms with van der Waals surface area (Å²) in [4.78, 5) is 27.6. The summed E-state index contributed by atoms with van der Waals surface area (Å²) in [6.07, 6.45) is 0.773. The van der Waals surface area contributed by atoms with Crippen molar-refractivity contribution in [3.05, 3.63) is 53.6 Å². The predicted octanol–water partition coefficient (Wildman–Crippen LogP) is 2.53. The molecule has 0 aliphatic carbocycles. The minimum absolute atomic E-state index is 0.146. The van der Waals surface area contributed by atoms with E-state index in [-0.39, 0.29) is 23.3 Å². The summed E-state index contributed by atoms with van der Waals surface area (Å²) in [5, 5.41) is 2.90. The summed E-state index contributed by atoms with van der Waals surface area (Å²) in [7, 11) is -3.70. The molecule has 0 spiro atoms. The van der Waals surface area contributed by atoms with Crippen LogP contribution in [0.15, 0.2) is 47.4 Å². The lowest BCUT2D eigenvalue weighted by Crippen LogP contribution is -2.41. The molecule has 2 aliphatic rings. The van der Waals surface area contributed by atoms with Crippen LogP contribution in [0.3, 0.4) is 0 Å². The molecular weight excluding hydrogens is 442 g/mol. The molecule has 176 valence electrons. The Morgan fingerprint density at radius 2 is 1.82 bits per heavy atom.